The van der Waals surface area contributed by atoms with Gasteiger partial charge >= 0.3 is 6.03 Å². The van der Waals surface area contributed by atoms with Crippen molar-refractivity contribution in [3.63, 3.8) is 0 Å². The summed E-state index contributed by atoms with van der Waals surface area (Å²) in [7, 11) is 1.51. The number of nitrogens with two attached hydrogens (primary N) is 1. The monoisotopic (exact) mass is 366 g/mol. The molecule has 8 nitrogen and oxygen atoms in total. The maximum atomic E-state index is 12.2. The van der Waals surface area contributed by atoms with E-state index in [1.165, 1.54) is 7.11 Å². The van der Waals surface area contributed by atoms with Crippen LogP contribution in [-0.4, -0.2) is 31.7 Å². The predicted octanol–water partition coefficient (Wildman–Crippen LogP) is 1.23. The second-order valence-corrected chi connectivity index (χ2v) is 5.74. The number of amides is 3. The lowest BCUT2D eigenvalue weighted by atomic mass is 10.2. The number of hydrogen-bond donors (Lipinski definition) is 4. The Labute approximate surface area is 150 Å². The molecule has 2 rings (SSSR count). The summed E-state index contributed by atoms with van der Waals surface area (Å²) in [4.78, 5) is 23.7. The Morgan fingerprint density at radius 3 is 2.84 bits per heavy atom. The third kappa shape index (κ3) is 4.57. The minimum atomic E-state index is -0.568. The van der Waals surface area contributed by atoms with Crippen molar-refractivity contribution in [1.29, 1.82) is 0 Å². The number of carbonyl (C=O) groups excluding carboxylic acids is 2. The van der Waals surface area contributed by atoms with Crippen LogP contribution in [0.1, 0.15) is 6.92 Å². The van der Waals surface area contributed by atoms with Crippen molar-refractivity contribution < 1.29 is 19.1 Å². The summed E-state index contributed by atoms with van der Waals surface area (Å²) >= 11 is 5.95. The number of carbonyl (C=O) groups is 2. The van der Waals surface area contributed by atoms with Crippen LogP contribution >= 0.6 is 11.6 Å². The topological polar surface area (TPSA) is 115 Å². The summed E-state index contributed by atoms with van der Waals surface area (Å²) in [5.41, 5.74) is 5.96. The number of halogens is 1. The Morgan fingerprint density at radius 2 is 2.16 bits per heavy atom. The van der Waals surface area contributed by atoms with Crippen molar-refractivity contribution in [1.82, 2.24) is 16.0 Å². The minimum absolute atomic E-state index is 0.0474. The summed E-state index contributed by atoms with van der Waals surface area (Å²) in [5.74, 6) is 0.507. The lowest BCUT2D eigenvalue weighted by molar-refractivity contribution is -0.118. The first-order valence-corrected chi connectivity index (χ1v) is 7.73. The maximum Gasteiger partial charge on any atom is 0.323 e. The molecule has 5 N–H and O–H groups in total. The molecule has 0 bridgehead atoms. The molecule has 1 heterocycles. The first-order chi connectivity index (χ1) is 11.8. The first-order valence-electron chi connectivity index (χ1n) is 7.36. The van der Waals surface area contributed by atoms with Crippen molar-refractivity contribution in [2.75, 3.05) is 13.7 Å². The quantitative estimate of drug-likeness (QED) is 0.604. The molecule has 1 aliphatic rings. The number of urea groups is 1. The van der Waals surface area contributed by atoms with Gasteiger partial charge in [-0.15, -0.1) is 0 Å². The van der Waals surface area contributed by atoms with E-state index < -0.39 is 11.9 Å². The molecule has 0 unspecified atom stereocenters. The molecule has 134 valence electrons. The fraction of sp³-hybridized carbons (Fsp3) is 0.250. The van der Waals surface area contributed by atoms with E-state index in [1.807, 2.05) is 0 Å². The van der Waals surface area contributed by atoms with Crippen LogP contribution in [0.3, 0.4) is 0 Å². The SMILES string of the molecule is C=C1NC(=O)NC(C(=O)N[C@H](C)COc2ccc(Cl)c(OC)c2)=C1N. The van der Waals surface area contributed by atoms with Crippen LogP contribution in [0.2, 0.25) is 5.02 Å². The highest BCUT2D eigenvalue weighted by atomic mass is 35.5. The molecule has 0 saturated carbocycles. The van der Waals surface area contributed by atoms with E-state index in [2.05, 4.69) is 22.5 Å². The molecule has 1 aliphatic heterocycles. The number of ether oxygens (including phenoxy) is 2. The van der Waals surface area contributed by atoms with Gasteiger partial charge in [-0.3, -0.25) is 4.79 Å². The van der Waals surface area contributed by atoms with E-state index in [9.17, 15) is 9.59 Å². The molecule has 0 saturated heterocycles. The highest BCUT2D eigenvalue weighted by Gasteiger charge is 2.24. The van der Waals surface area contributed by atoms with Crippen molar-refractivity contribution >= 4 is 23.5 Å². The second-order valence-electron chi connectivity index (χ2n) is 5.33. The van der Waals surface area contributed by atoms with Gasteiger partial charge in [0.2, 0.25) is 0 Å². The fourth-order valence-corrected chi connectivity index (χ4v) is 2.23. The Bertz CT molecular complexity index is 748. The minimum Gasteiger partial charge on any atom is -0.495 e. The van der Waals surface area contributed by atoms with Gasteiger partial charge in [0, 0.05) is 6.07 Å². The zero-order chi connectivity index (χ0) is 18.6. The van der Waals surface area contributed by atoms with E-state index in [1.54, 1.807) is 25.1 Å². The second kappa shape index (κ2) is 7.80. The standard InChI is InChI=1S/C16H19ClN4O4/c1-8(7-25-10-4-5-11(17)12(6-10)24-3)19-15(22)14-13(18)9(2)20-16(23)21-14/h4-6,8H,2,7,18H2,1,3H3,(H,19,22)(H2,20,21,23)/t8-/m1/s1. The Balaban J connectivity index is 1.95. The lowest BCUT2D eigenvalue weighted by Gasteiger charge is -2.22. The van der Waals surface area contributed by atoms with Gasteiger partial charge in [-0.05, 0) is 19.1 Å². The van der Waals surface area contributed by atoms with Gasteiger partial charge in [0.05, 0.1) is 29.6 Å². The molecule has 3 amide bonds. The molecular weight excluding hydrogens is 348 g/mol. The van der Waals surface area contributed by atoms with Crippen molar-refractivity contribution in [3.05, 3.63) is 46.9 Å². The molecule has 0 fully saturated rings. The lowest BCUT2D eigenvalue weighted by Crippen LogP contribution is -2.49. The molecule has 25 heavy (non-hydrogen) atoms. The number of hydrogen-bond acceptors (Lipinski definition) is 5. The average molecular weight is 367 g/mol. The molecule has 1 aromatic carbocycles. The summed E-state index contributed by atoms with van der Waals surface area (Å²) < 4.78 is 10.7. The van der Waals surface area contributed by atoms with Gasteiger partial charge in [0.15, 0.2) is 0 Å². The van der Waals surface area contributed by atoms with Gasteiger partial charge in [0.25, 0.3) is 5.91 Å². The van der Waals surface area contributed by atoms with E-state index in [4.69, 9.17) is 26.8 Å². The van der Waals surface area contributed by atoms with Crippen LogP contribution in [-0.2, 0) is 4.79 Å². The molecule has 0 radical (unpaired) electrons. The molecule has 9 heteroatoms. The smallest absolute Gasteiger partial charge is 0.323 e. The van der Waals surface area contributed by atoms with Gasteiger partial charge in [-0.2, -0.15) is 0 Å². The molecule has 1 aromatic rings. The highest BCUT2D eigenvalue weighted by Crippen LogP contribution is 2.28. The Hall–Kier alpha value is -2.87. The van der Waals surface area contributed by atoms with Crippen molar-refractivity contribution in [3.8, 4) is 11.5 Å². The van der Waals surface area contributed by atoms with Crippen LogP contribution < -0.4 is 31.2 Å². The van der Waals surface area contributed by atoms with Gasteiger partial charge in [-0.25, -0.2) is 4.79 Å². The van der Waals surface area contributed by atoms with Gasteiger partial charge < -0.3 is 31.2 Å². The zero-order valence-corrected chi connectivity index (χ0v) is 14.6. The van der Waals surface area contributed by atoms with E-state index in [0.29, 0.717) is 16.5 Å². The normalized spacial score (nSPS) is 15.2. The van der Waals surface area contributed by atoms with Crippen LogP contribution in [0.4, 0.5) is 4.79 Å². The van der Waals surface area contributed by atoms with Crippen molar-refractivity contribution in [2.24, 2.45) is 5.73 Å². The summed E-state index contributed by atoms with van der Waals surface area (Å²) in [6.07, 6.45) is 0. The predicted molar refractivity (Wildman–Crippen MR) is 93.1 cm³/mol. The number of nitrogens with one attached hydrogen (secondary N) is 3. The Kier molecular flexibility index (Phi) is 5.76. The van der Waals surface area contributed by atoms with Crippen LogP contribution in [0.5, 0.6) is 11.5 Å². The number of benzene rings is 1. The van der Waals surface area contributed by atoms with Gasteiger partial charge in [0.1, 0.15) is 23.8 Å². The molecule has 0 aliphatic carbocycles. The third-order valence-electron chi connectivity index (χ3n) is 3.32. The largest absolute Gasteiger partial charge is 0.495 e. The molecule has 0 spiro atoms. The zero-order valence-electron chi connectivity index (χ0n) is 13.8. The van der Waals surface area contributed by atoms with E-state index >= 15 is 0 Å². The molecular formula is C16H19ClN4O4. The van der Waals surface area contributed by atoms with E-state index in [-0.39, 0.29) is 29.7 Å². The van der Waals surface area contributed by atoms with Crippen molar-refractivity contribution in [2.45, 2.75) is 13.0 Å². The Morgan fingerprint density at radius 1 is 1.44 bits per heavy atom. The fourth-order valence-electron chi connectivity index (χ4n) is 2.04. The maximum absolute atomic E-state index is 12.2. The van der Waals surface area contributed by atoms with Gasteiger partial charge in [-0.1, -0.05) is 18.2 Å². The molecule has 0 aromatic heterocycles. The van der Waals surface area contributed by atoms with Crippen LogP contribution in [0.25, 0.3) is 0 Å². The van der Waals surface area contributed by atoms with E-state index in [0.717, 1.165) is 0 Å². The number of methoxy groups -OCH3 is 1. The summed E-state index contributed by atoms with van der Waals surface area (Å²) in [6, 6.07) is 4.07. The number of rotatable bonds is 6. The average Bonchev–Trinajstić information content (AvgIpc) is 2.57. The highest BCUT2D eigenvalue weighted by molar-refractivity contribution is 6.32. The summed E-state index contributed by atoms with van der Waals surface area (Å²) in [5, 5.41) is 7.89. The van der Waals surface area contributed by atoms with Crippen LogP contribution in [0.15, 0.2) is 41.9 Å². The first kappa shape index (κ1) is 18.5. The third-order valence-corrected chi connectivity index (χ3v) is 3.64. The summed E-state index contributed by atoms with van der Waals surface area (Å²) in [6.45, 7) is 5.52. The van der Waals surface area contributed by atoms with Crippen LogP contribution in [0, 0.1) is 0 Å². The molecule has 1 atom stereocenters.